The van der Waals surface area contributed by atoms with Gasteiger partial charge in [0, 0.05) is 18.3 Å². The molecule has 4 unspecified atom stereocenters. The van der Waals surface area contributed by atoms with Gasteiger partial charge in [0.1, 0.15) is 0 Å². The molecule has 26 heavy (non-hydrogen) atoms. The number of aromatic nitrogens is 1. The summed E-state index contributed by atoms with van der Waals surface area (Å²) in [4.78, 5) is 17.1. The summed E-state index contributed by atoms with van der Waals surface area (Å²) in [5.74, 6) is 0.379. The number of pyridine rings is 1. The smallest absolute Gasteiger partial charge is 0.228 e. The molecule has 4 atom stereocenters. The summed E-state index contributed by atoms with van der Waals surface area (Å²) in [5, 5.41) is 3.26. The second kappa shape index (κ2) is 7.56. The van der Waals surface area contributed by atoms with Gasteiger partial charge in [-0.3, -0.25) is 9.78 Å². The summed E-state index contributed by atoms with van der Waals surface area (Å²) < 4.78 is 0. The van der Waals surface area contributed by atoms with Gasteiger partial charge in [0.15, 0.2) is 0 Å². The third kappa shape index (κ3) is 3.24. The van der Waals surface area contributed by atoms with Crippen molar-refractivity contribution in [2.45, 2.75) is 50.7 Å². The number of rotatable bonds is 4. The van der Waals surface area contributed by atoms with Gasteiger partial charge in [-0.05, 0) is 54.5 Å². The standard InChI is InChI=1S/C21H26N4O/c1-2-16-19(15-10-12-22-13-11-15)24-25-20(16)23-21(26)18-9-5-7-14-6-3-4-8-17(14)18/h3-4,6,8,10-13,16,18-20,24-25H,2,5,7,9H2,1H3,(H,23,26). The lowest BCUT2D eigenvalue weighted by molar-refractivity contribution is -0.124. The zero-order valence-electron chi connectivity index (χ0n) is 15.1. The highest BCUT2D eigenvalue weighted by molar-refractivity contribution is 5.84. The van der Waals surface area contributed by atoms with Crippen LogP contribution in [-0.2, 0) is 11.2 Å². The van der Waals surface area contributed by atoms with Crippen LogP contribution in [0.3, 0.4) is 0 Å². The SMILES string of the molecule is CCC1C(NC(=O)C2CCCc3ccccc32)NNC1c1ccncc1. The Kier molecular flexibility index (Phi) is 5.00. The maximum absolute atomic E-state index is 13.0. The van der Waals surface area contributed by atoms with Crippen molar-refractivity contribution < 1.29 is 4.79 Å². The molecule has 1 aliphatic carbocycles. The van der Waals surface area contributed by atoms with Crippen molar-refractivity contribution in [3.8, 4) is 0 Å². The van der Waals surface area contributed by atoms with Gasteiger partial charge in [-0.1, -0.05) is 31.2 Å². The van der Waals surface area contributed by atoms with Gasteiger partial charge in [0.2, 0.25) is 5.91 Å². The Balaban J connectivity index is 1.48. The summed E-state index contributed by atoms with van der Waals surface area (Å²) in [5.41, 5.74) is 10.4. The normalized spacial score (nSPS) is 27.7. The first-order valence-electron chi connectivity index (χ1n) is 9.57. The summed E-state index contributed by atoms with van der Waals surface area (Å²) >= 11 is 0. The monoisotopic (exact) mass is 350 g/mol. The number of amides is 1. The molecule has 2 aromatic rings. The summed E-state index contributed by atoms with van der Waals surface area (Å²) in [6, 6.07) is 12.6. The predicted octanol–water partition coefficient (Wildman–Crippen LogP) is 2.82. The lowest BCUT2D eigenvalue weighted by Gasteiger charge is -2.28. The van der Waals surface area contributed by atoms with Crippen LogP contribution in [0.15, 0.2) is 48.8 Å². The number of benzene rings is 1. The molecule has 1 aromatic carbocycles. The fraction of sp³-hybridized carbons (Fsp3) is 0.429. The maximum atomic E-state index is 13.0. The van der Waals surface area contributed by atoms with Crippen molar-refractivity contribution in [3.63, 3.8) is 0 Å². The van der Waals surface area contributed by atoms with Crippen LogP contribution in [0, 0.1) is 5.92 Å². The second-order valence-electron chi connectivity index (χ2n) is 7.25. The molecule has 5 nitrogen and oxygen atoms in total. The first-order chi connectivity index (χ1) is 12.8. The molecule has 0 radical (unpaired) electrons. The highest BCUT2D eigenvalue weighted by atomic mass is 16.2. The number of nitrogens with one attached hydrogen (secondary N) is 3. The number of carbonyl (C=O) groups is 1. The van der Waals surface area contributed by atoms with E-state index in [2.05, 4.69) is 46.3 Å². The zero-order chi connectivity index (χ0) is 17.9. The average Bonchev–Trinajstić information content (AvgIpc) is 3.10. The van der Waals surface area contributed by atoms with Crippen LogP contribution in [0.4, 0.5) is 0 Å². The molecule has 0 spiro atoms. The minimum Gasteiger partial charge on any atom is -0.339 e. The first kappa shape index (κ1) is 17.2. The van der Waals surface area contributed by atoms with Gasteiger partial charge in [-0.25, -0.2) is 10.9 Å². The van der Waals surface area contributed by atoms with Crippen molar-refractivity contribution >= 4 is 5.91 Å². The number of hydrogen-bond acceptors (Lipinski definition) is 4. The van der Waals surface area contributed by atoms with Crippen molar-refractivity contribution in [2.24, 2.45) is 5.92 Å². The van der Waals surface area contributed by atoms with Gasteiger partial charge in [0.05, 0.1) is 18.1 Å². The number of hydrazine groups is 1. The molecule has 3 N–H and O–H groups in total. The maximum Gasteiger partial charge on any atom is 0.228 e. The lowest BCUT2D eigenvalue weighted by Crippen LogP contribution is -2.48. The van der Waals surface area contributed by atoms with Crippen molar-refractivity contribution in [1.29, 1.82) is 0 Å². The topological polar surface area (TPSA) is 66.1 Å². The van der Waals surface area contributed by atoms with Crippen LogP contribution >= 0.6 is 0 Å². The molecule has 4 rings (SSSR count). The van der Waals surface area contributed by atoms with Crippen LogP contribution in [0.1, 0.15) is 54.8 Å². The van der Waals surface area contributed by atoms with E-state index in [0.717, 1.165) is 25.7 Å². The van der Waals surface area contributed by atoms with Crippen LogP contribution in [-0.4, -0.2) is 17.1 Å². The Morgan fingerprint density at radius 2 is 2.00 bits per heavy atom. The van der Waals surface area contributed by atoms with Crippen LogP contribution in [0.25, 0.3) is 0 Å². The molecule has 1 aliphatic heterocycles. The van der Waals surface area contributed by atoms with E-state index < -0.39 is 0 Å². The molecule has 2 aliphatic rings. The minimum atomic E-state index is -0.0697. The summed E-state index contributed by atoms with van der Waals surface area (Å²) in [6.45, 7) is 2.17. The van der Waals surface area contributed by atoms with Gasteiger partial charge in [-0.2, -0.15) is 0 Å². The van der Waals surface area contributed by atoms with E-state index in [9.17, 15) is 4.79 Å². The van der Waals surface area contributed by atoms with Crippen molar-refractivity contribution in [1.82, 2.24) is 21.2 Å². The number of fused-ring (bicyclic) bond motifs is 1. The Hall–Kier alpha value is -2.24. The molecule has 5 heteroatoms. The molecule has 1 amide bonds. The second-order valence-corrected chi connectivity index (χ2v) is 7.25. The van der Waals surface area contributed by atoms with E-state index in [0.29, 0.717) is 5.92 Å². The van der Waals surface area contributed by atoms with E-state index in [1.54, 1.807) is 0 Å². The quantitative estimate of drug-likeness (QED) is 0.793. The largest absolute Gasteiger partial charge is 0.339 e. The third-order valence-corrected chi connectivity index (χ3v) is 5.77. The summed E-state index contributed by atoms with van der Waals surface area (Å²) in [7, 11) is 0. The number of aryl methyl sites for hydroxylation is 1. The molecular formula is C21H26N4O. The van der Waals surface area contributed by atoms with E-state index in [4.69, 9.17) is 0 Å². The molecular weight excluding hydrogens is 324 g/mol. The van der Waals surface area contributed by atoms with Gasteiger partial charge in [0.25, 0.3) is 0 Å². The predicted molar refractivity (Wildman–Crippen MR) is 101 cm³/mol. The first-order valence-corrected chi connectivity index (χ1v) is 9.57. The molecule has 1 saturated heterocycles. The Bertz CT molecular complexity index is 764. The zero-order valence-corrected chi connectivity index (χ0v) is 15.1. The molecule has 0 saturated carbocycles. The highest BCUT2D eigenvalue weighted by Crippen LogP contribution is 2.33. The van der Waals surface area contributed by atoms with Gasteiger partial charge >= 0.3 is 0 Å². The number of carbonyl (C=O) groups excluding carboxylic acids is 1. The highest BCUT2D eigenvalue weighted by Gasteiger charge is 2.37. The van der Waals surface area contributed by atoms with E-state index in [1.165, 1.54) is 16.7 Å². The Labute approximate surface area is 154 Å². The molecule has 0 bridgehead atoms. The van der Waals surface area contributed by atoms with Gasteiger partial charge in [-0.15, -0.1) is 0 Å². The van der Waals surface area contributed by atoms with Gasteiger partial charge < -0.3 is 5.32 Å². The third-order valence-electron chi connectivity index (χ3n) is 5.77. The number of nitrogens with zero attached hydrogens (tertiary/aromatic N) is 1. The molecule has 136 valence electrons. The summed E-state index contributed by atoms with van der Waals surface area (Å²) in [6.07, 6.45) is 7.60. The van der Waals surface area contributed by atoms with Crippen LogP contribution in [0.5, 0.6) is 0 Å². The van der Waals surface area contributed by atoms with Crippen molar-refractivity contribution in [2.75, 3.05) is 0 Å². The molecule has 1 aromatic heterocycles. The van der Waals surface area contributed by atoms with Crippen LogP contribution < -0.4 is 16.2 Å². The fourth-order valence-corrected chi connectivity index (χ4v) is 4.38. The minimum absolute atomic E-state index is 0.0424. The number of hydrogen-bond donors (Lipinski definition) is 3. The van der Waals surface area contributed by atoms with Crippen LogP contribution in [0.2, 0.25) is 0 Å². The Morgan fingerprint density at radius 3 is 2.81 bits per heavy atom. The van der Waals surface area contributed by atoms with E-state index >= 15 is 0 Å². The molecule has 2 heterocycles. The van der Waals surface area contributed by atoms with E-state index in [1.807, 2.05) is 30.6 Å². The Morgan fingerprint density at radius 1 is 1.19 bits per heavy atom. The fourth-order valence-electron chi connectivity index (χ4n) is 4.38. The molecule has 1 fully saturated rings. The average molecular weight is 350 g/mol. The van der Waals surface area contributed by atoms with Crippen molar-refractivity contribution in [3.05, 3.63) is 65.5 Å². The van der Waals surface area contributed by atoms with E-state index in [-0.39, 0.29) is 24.0 Å². The lowest BCUT2D eigenvalue weighted by atomic mass is 9.82.